The Labute approximate surface area is 441 Å². The minimum atomic E-state index is -5.06. The minimum absolute atomic E-state index is 0.00384. The van der Waals surface area contributed by atoms with E-state index in [-0.39, 0.29) is 55.8 Å². The van der Waals surface area contributed by atoms with Crippen LogP contribution in [-0.4, -0.2) is 96.9 Å². The zero-order chi connectivity index (χ0) is 55.9. The number of amidine groups is 1. The summed E-state index contributed by atoms with van der Waals surface area (Å²) in [6.07, 6.45) is 0. The SMILES string of the molecule is COc1ccc(Nc2ccc3c(O)c(N=Nc4ccc(N=C(O)Nc5ccc(N=Nc6c(S(=O)(=O)O)cc7cc(Nc8ccc(OC)cc8)ccc7c6O)c(OCC(=O)O)c5)cc4OCC(=O)O)c(S(=O)(=O)O)cc3c2)cc1. The number of hydrogen-bond acceptors (Lipinski definition) is 19. The normalized spacial score (nSPS) is 12.0. The van der Waals surface area contributed by atoms with Gasteiger partial charge < -0.3 is 60.4 Å². The first-order valence-electron chi connectivity index (χ1n) is 22.4. The Kier molecular flexibility index (Phi) is 15.8. The van der Waals surface area contributed by atoms with E-state index in [1.807, 2.05) is 0 Å². The van der Waals surface area contributed by atoms with E-state index in [2.05, 4.69) is 41.4 Å². The zero-order valence-electron chi connectivity index (χ0n) is 40.4. The summed E-state index contributed by atoms with van der Waals surface area (Å²) in [6.45, 7) is -1.84. The van der Waals surface area contributed by atoms with Gasteiger partial charge in [-0.1, -0.05) is 0 Å². The number of phenolic OH excluding ortho intramolecular Hbond substituents is 2. The first-order chi connectivity index (χ1) is 37.1. The summed E-state index contributed by atoms with van der Waals surface area (Å²) in [5.74, 6) is -3.53. The molecule has 0 spiro atoms. The van der Waals surface area contributed by atoms with E-state index in [1.54, 1.807) is 60.7 Å². The van der Waals surface area contributed by atoms with Crippen LogP contribution in [0.15, 0.2) is 169 Å². The molecule has 8 rings (SSSR count). The van der Waals surface area contributed by atoms with Crippen molar-refractivity contribution < 1.29 is 80.0 Å². The summed E-state index contributed by atoms with van der Waals surface area (Å²) >= 11 is 0. The number of benzene rings is 8. The maximum atomic E-state index is 12.6. The van der Waals surface area contributed by atoms with Gasteiger partial charge in [-0.25, -0.2) is 9.59 Å². The topological polar surface area (TPSA) is 379 Å². The number of hydrogen-bond donors (Lipinski definition) is 10. The Balaban J connectivity index is 1.05. The highest BCUT2D eigenvalue weighted by atomic mass is 32.2. The third-order valence-electron chi connectivity index (χ3n) is 11.0. The van der Waals surface area contributed by atoms with Gasteiger partial charge >= 0.3 is 11.9 Å². The molecule has 8 aromatic rings. The number of nitrogens with zero attached hydrogens (tertiary/aromatic N) is 5. The molecule has 0 amide bonds. The number of fused-ring (bicyclic) bond motifs is 2. The number of carboxylic acid groups (broad SMARTS) is 2. The first kappa shape index (κ1) is 54.2. The lowest BCUT2D eigenvalue weighted by Gasteiger charge is -2.12. The van der Waals surface area contributed by atoms with Crippen molar-refractivity contribution in [1.82, 2.24) is 0 Å². The van der Waals surface area contributed by atoms with E-state index in [4.69, 9.17) is 18.9 Å². The van der Waals surface area contributed by atoms with Crippen molar-refractivity contribution >= 4 is 117 Å². The fraction of sp³-hybridized carbons (Fsp3) is 0.0784. The van der Waals surface area contributed by atoms with E-state index in [0.29, 0.717) is 34.2 Å². The number of carboxylic acids is 2. The number of aliphatic carboxylic acids is 2. The van der Waals surface area contributed by atoms with Gasteiger partial charge in [-0.15, -0.1) is 20.5 Å². The molecule has 0 saturated carbocycles. The number of nitrogens with one attached hydrogen (secondary N) is 3. The highest BCUT2D eigenvalue weighted by Gasteiger charge is 2.25. The molecule has 0 aliphatic carbocycles. The predicted octanol–water partition coefficient (Wildman–Crippen LogP) is 10.8. The second kappa shape index (κ2) is 22.8. The maximum absolute atomic E-state index is 12.6. The van der Waals surface area contributed by atoms with Crippen molar-refractivity contribution in [2.45, 2.75) is 9.79 Å². The van der Waals surface area contributed by atoms with Crippen LogP contribution < -0.4 is 34.9 Å². The molecule has 0 atom stereocenters. The van der Waals surface area contributed by atoms with Gasteiger partial charge in [-0.2, -0.15) is 21.8 Å². The van der Waals surface area contributed by atoms with Gasteiger partial charge in [0.1, 0.15) is 55.5 Å². The number of methoxy groups -OCH3 is 2. The Morgan fingerprint density at radius 2 is 0.910 bits per heavy atom. The summed E-state index contributed by atoms with van der Waals surface area (Å²) in [5, 5.41) is 77.6. The third-order valence-corrected chi connectivity index (χ3v) is 12.8. The summed E-state index contributed by atoms with van der Waals surface area (Å²) in [6, 6.07) is 31.7. The van der Waals surface area contributed by atoms with Gasteiger partial charge in [0.2, 0.25) is 0 Å². The van der Waals surface area contributed by atoms with Crippen LogP contribution in [0.25, 0.3) is 21.5 Å². The molecule has 27 heteroatoms. The fourth-order valence-electron chi connectivity index (χ4n) is 7.45. The number of aliphatic imine (C=N–C) groups is 1. The van der Waals surface area contributed by atoms with Crippen molar-refractivity contribution in [2.24, 2.45) is 25.4 Å². The average molecular weight is 1100 g/mol. The van der Waals surface area contributed by atoms with Crippen LogP contribution in [0.1, 0.15) is 0 Å². The van der Waals surface area contributed by atoms with Gasteiger partial charge in [-0.05, 0) is 132 Å². The molecule has 400 valence electrons. The summed E-state index contributed by atoms with van der Waals surface area (Å²) in [5.41, 5.74) is 0.458. The Bertz CT molecular complexity index is 3970. The maximum Gasteiger partial charge on any atom is 0.341 e. The largest absolute Gasteiger partial charge is 0.505 e. The van der Waals surface area contributed by atoms with Crippen molar-refractivity contribution in [3.05, 3.63) is 133 Å². The van der Waals surface area contributed by atoms with Crippen LogP contribution in [0.3, 0.4) is 0 Å². The molecule has 0 aliphatic rings. The second-order valence-electron chi connectivity index (χ2n) is 16.3. The monoisotopic (exact) mass is 1100 g/mol. The van der Waals surface area contributed by atoms with Crippen molar-refractivity contribution in [3.63, 3.8) is 0 Å². The molecule has 0 radical (unpaired) electrons. The van der Waals surface area contributed by atoms with Crippen molar-refractivity contribution in [2.75, 3.05) is 43.4 Å². The Hall–Kier alpha value is -10.1. The number of aliphatic hydroxyl groups excluding tert-OH is 1. The van der Waals surface area contributed by atoms with Gasteiger partial charge in [0.05, 0.1) is 19.9 Å². The molecule has 8 aromatic carbocycles. The van der Waals surface area contributed by atoms with Crippen molar-refractivity contribution in [1.29, 1.82) is 0 Å². The van der Waals surface area contributed by atoms with E-state index in [9.17, 15) is 61.1 Å². The molecule has 0 fully saturated rings. The molecular weight excluding hydrogens is 1060 g/mol. The number of carbonyl (C=O) groups is 2. The number of rotatable bonds is 20. The average Bonchev–Trinajstić information content (AvgIpc) is 3.54. The standard InChI is InChI=1S/C51H42N8O17S2/c1-73-35-11-3-29(4-12-35)52-31-7-15-37-27(19-31)21-43(77(67,68)69)47(49(37)64)58-56-39-17-9-33(23-41(39)75-25-45(60)61)54-51(66)55-34-10-18-40(42(24-34)76-26-46(62)63)57-59-48-44(78(70,71)72)22-28-20-32(8-16-38(28)50(48)65)53-30-5-13-36(74-2)14-6-30/h3-24,52-53,64-65H,25-26H2,1-2H3,(H,60,61)(H,62,63)(H2,54,55,66)(H,67,68,69)(H,70,71,72). The molecule has 78 heavy (non-hydrogen) atoms. The molecule has 10 N–H and O–H groups in total. The molecule has 0 aromatic heterocycles. The fourth-order valence-corrected chi connectivity index (χ4v) is 8.77. The summed E-state index contributed by atoms with van der Waals surface area (Å²) in [7, 11) is -7.06. The molecule has 0 unspecified atom stereocenters. The highest BCUT2D eigenvalue weighted by Crippen LogP contribution is 2.45. The molecule has 0 heterocycles. The highest BCUT2D eigenvalue weighted by molar-refractivity contribution is 7.86. The molecule has 0 saturated heterocycles. The Morgan fingerprint density at radius 3 is 1.33 bits per heavy atom. The quantitative estimate of drug-likeness (QED) is 0.0147. The number of aliphatic hydroxyl groups is 1. The van der Waals surface area contributed by atoms with E-state index >= 15 is 0 Å². The lowest BCUT2D eigenvalue weighted by atomic mass is 10.1. The smallest absolute Gasteiger partial charge is 0.341 e. The van der Waals surface area contributed by atoms with Crippen LogP contribution in [0.4, 0.5) is 56.9 Å². The summed E-state index contributed by atoms with van der Waals surface area (Å²) < 4.78 is 92.2. The molecule has 0 aliphatic heterocycles. The van der Waals surface area contributed by atoms with Crippen LogP contribution >= 0.6 is 0 Å². The van der Waals surface area contributed by atoms with Crippen molar-refractivity contribution in [3.8, 4) is 34.5 Å². The number of azo groups is 2. The van der Waals surface area contributed by atoms with Gasteiger partial charge in [0.15, 0.2) is 24.7 Å². The van der Waals surface area contributed by atoms with E-state index < -0.39 is 84.1 Å². The van der Waals surface area contributed by atoms with E-state index in [1.165, 1.54) is 62.8 Å². The van der Waals surface area contributed by atoms with Gasteiger partial charge in [-0.3, -0.25) is 9.11 Å². The lowest BCUT2D eigenvalue weighted by Crippen LogP contribution is -2.12. The van der Waals surface area contributed by atoms with Crippen LogP contribution in [0.5, 0.6) is 34.5 Å². The van der Waals surface area contributed by atoms with Gasteiger partial charge in [0, 0.05) is 51.3 Å². The number of aromatic hydroxyl groups is 2. The number of ether oxygens (including phenoxy) is 4. The Morgan fingerprint density at radius 1 is 0.500 bits per heavy atom. The second-order valence-corrected chi connectivity index (χ2v) is 19.1. The van der Waals surface area contributed by atoms with Crippen LogP contribution in [0.2, 0.25) is 0 Å². The molecule has 0 bridgehead atoms. The minimum Gasteiger partial charge on any atom is -0.505 e. The number of phenols is 2. The van der Waals surface area contributed by atoms with Gasteiger partial charge in [0.25, 0.3) is 26.3 Å². The first-order valence-corrected chi connectivity index (χ1v) is 25.3. The number of anilines is 5. The molecular formula is C51H42N8O17S2. The summed E-state index contributed by atoms with van der Waals surface area (Å²) in [4.78, 5) is 25.5. The third kappa shape index (κ3) is 13.0. The predicted molar refractivity (Wildman–Crippen MR) is 284 cm³/mol. The lowest BCUT2D eigenvalue weighted by molar-refractivity contribution is -0.140. The van der Waals surface area contributed by atoms with Crippen LogP contribution in [0, 0.1) is 0 Å². The van der Waals surface area contributed by atoms with Crippen LogP contribution in [-0.2, 0) is 29.8 Å². The zero-order valence-corrected chi connectivity index (χ0v) is 42.0. The van der Waals surface area contributed by atoms with E-state index in [0.717, 1.165) is 24.3 Å². The molecule has 25 nitrogen and oxygen atoms in total.